The quantitative estimate of drug-likeness (QED) is 0.522. The lowest BCUT2D eigenvalue weighted by Crippen LogP contribution is -2.21. The standard InChI is InChI=1S/C24H29NO7/c1-5-30-23(27)17-6-9-19(10-7-17)25-22(26)15-32-24(28)18-8-11-20(21(14-18)29-4)31-13-12-16(2)3/h6-11,14,16H,5,12-13,15H2,1-4H3,(H,25,26). The van der Waals surface area contributed by atoms with Crippen LogP contribution in [0.15, 0.2) is 42.5 Å². The molecule has 0 atom stereocenters. The lowest BCUT2D eigenvalue weighted by Gasteiger charge is -2.13. The van der Waals surface area contributed by atoms with E-state index in [0.717, 1.165) is 6.42 Å². The van der Waals surface area contributed by atoms with Crippen LogP contribution in [0.1, 0.15) is 47.9 Å². The minimum atomic E-state index is -0.662. The number of anilines is 1. The summed E-state index contributed by atoms with van der Waals surface area (Å²) >= 11 is 0. The molecule has 0 aliphatic heterocycles. The smallest absolute Gasteiger partial charge is 0.338 e. The van der Waals surface area contributed by atoms with Gasteiger partial charge in [-0.2, -0.15) is 0 Å². The van der Waals surface area contributed by atoms with Crippen molar-refractivity contribution >= 4 is 23.5 Å². The molecule has 0 fully saturated rings. The molecule has 0 saturated carbocycles. The number of carbonyl (C=O) groups is 3. The minimum Gasteiger partial charge on any atom is -0.493 e. The molecule has 0 aliphatic rings. The number of amides is 1. The van der Waals surface area contributed by atoms with Gasteiger partial charge in [0.1, 0.15) is 0 Å². The van der Waals surface area contributed by atoms with Crippen LogP contribution in [0.3, 0.4) is 0 Å². The molecule has 0 aliphatic carbocycles. The number of carbonyl (C=O) groups excluding carboxylic acids is 3. The maximum absolute atomic E-state index is 12.3. The van der Waals surface area contributed by atoms with Crippen molar-refractivity contribution in [2.75, 3.05) is 32.2 Å². The van der Waals surface area contributed by atoms with E-state index in [9.17, 15) is 14.4 Å². The van der Waals surface area contributed by atoms with E-state index in [1.54, 1.807) is 31.2 Å². The van der Waals surface area contributed by atoms with E-state index in [-0.39, 0.29) is 12.2 Å². The van der Waals surface area contributed by atoms with E-state index in [4.69, 9.17) is 18.9 Å². The maximum Gasteiger partial charge on any atom is 0.338 e. The van der Waals surface area contributed by atoms with Crippen molar-refractivity contribution in [2.24, 2.45) is 5.92 Å². The van der Waals surface area contributed by atoms with Crippen LogP contribution in [0.2, 0.25) is 0 Å². The van der Waals surface area contributed by atoms with Crippen LogP contribution in [0.25, 0.3) is 0 Å². The van der Waals surface area contributed by atoms with Crippen LogP contribution in [-0.2, 0) is 14.3 Å². The molecule has 0 spiro atoms. The van der Waals surface area contributed by atoms with Gasteiger partial charge < -0.3 is 24.3 Å². The van der Waals surface area contributed by atoms with Gasteiger partial charge in [-0.3, -0.25) is 4.79 Å². The Bertz CT molecular complexity index is 922. The molecule has 2 aromatic rings. The van der Waals surface area contributed by atoms with Gasteiger partial charge in [0.25, 0.3) is 5.91 Å². The SMILES string of the molecule is CCOC(=O)c1ccc(NC(=O)COC(=O)c2ccc(OCCC(C)C)c(OC)c2)cc1. The number of benzene rings is 2. The Hall–Kier alpha value is -3.55. The zero-order valence-electron chi connectivity index (χ0n) is 18.8. The molecule has 8 heteroatoms. The molecule has 2 aromatic carbocycles. The normalized spacial score (nSPS) is 10.4. The molecular formula is C24H29NO7. The van der Waals surface area contributed by atoms with Crippen molar-refractivity contribution < 1.29 is 33.3 Å². The van der Waals surface area contributed by atoms with E-state index >= 15 is 0 Å². The molecule has 8 nitrogen and oxygen atoms in total. The maximum atomic E-state index is 12.3. The van der Waals surface area contributed by atoms with Gasteiger partial charge in [0.15, 0.2) is 18.1 Å². The molecule has 0 radical (unpaired) electrons. The van der Waals surface area contributed by atoms with Gasteiger partial charge in [-0.25, -0.2) is 9.59 Å². The average Bonchev–Trinajstić information content (AvgIpc) is 2.78. The van der Waals surface area contributed by atoms with Crippen LogP contribution in [0.4, 0.5) is 5.69 Å². The largest absolute Gasteiger partial charge is 0.493 e. The van der Waals surface area contributed by atoms with Gasteiger partial charge in [-0.05, 0) is 61.7 Å². The highest BCUT2D eigenvalue weighted by Crippen LogP contribution is 2.28. The first-order chi connectivity index (χ1) is 15.3. The minimum absolute atomic E-state index is 0.240. The molecular weight excluding hydrogens is 414 g/mol. The highest BCUT2D eigenvalue weighted by Gasteiger charge is 2.15. The molecule has 0 saturated heterocycles. The number of nitrogens with one attached hydrogen (secondary N) is 1. The summed E-state index contributed by atoms with van der Waals surface area (Å²) in [5.41, 5.74) is 1.08. The van der Waals surface area contributed by atoms with Crippen LogP contribution >= 0.6 is 0 Å². The van der Waals surface area contributed by atoms with Crippen LogP contribution in [-0.4, -0.2) is 44.8 Å². The molecule has 0 aromatic heterocycles. The lowest BCUT2D eigenvalue weighted by molar-refractivity contribution is -0.119. The summed E-state index contributed by atoms with van der Waals surface area (Å²) in [6.45, 7) is 6.29. The Balaban J connectivity index is 1.88. The number of methoxy groups -OCH3 is 1. The predicted octanol–water partition coefficient (Wildman–Crippen LogP) is 4.09. The average molecular weight is 443 g/mol. The molecule has 0 bridgehead atoms. The fourth-order valence-electron chi connectivity index (χ4n) is 2.63. The van der Waals surface area contributed by atoms with Gasteiger partial charge in [-0.1, -0.05) is 13.8 Å². The van der Waals surface area contributed by atoms with Gasteiger partial charge in [0.2, 0.25) is 0 Å². The van der Waals surface area contributed by atoms with Gasteiger partial charge in [0, 0.05) is 5.69 Å². The monoisotopic (exact) mass is 443 g/mol. The lowest BCUT2D eigenvalue weighted by atomic mass is 10.1. The molecule has 1 N–H and O–H groups in total. The second-order valence-electron chi connectivity index (χ2n) is 7.32. The summed E-state index contributed by atoms with van der Waals surface area (Å²) in [6, 6.07) is 10.9. The first-order valence-corrected chi connectivity index (χ1v) is 10.4. The van der Waals surface area contributed by atoms with Crippen molar-refractivity contribution in [3.63, 3.8) is 0 Å². The molecule has 1 amide bonds. The summed E-state index contributed by atoms with van der Waals surface area (Å²) in [6.07, 6.45) is 0.896. The molecule has 0 unspecified atom stereocenters. The van der Waals surface area contributed by atoms with Gasteiger partial charge in [-0.15, -0.1) is 0 Å². The van der Waals surface area contributed by atoms with Crippen molar-refractivity contribution in [1.82, 2.24) is 0 Å². The van der Waals surface area contributed by atoms with E-state index < -0.39 is 24.5 Å². The predicted molar refractivity (Wildman–Crippen MR) is 119 cm³/mol. The van der Waals surface area contributed by atoms with E-state index in [1.807, 2.05) is 0 Å². The number of hydrogen-bond acceptors (Lipinski definition) is 7. The highest BCUT2D eigenvalue weighted by atomic mass is 16.5. The summed E-state index contributed by atoms with van der Waals surface area (Å²) < 4.78 is 21.0. The summed E-state index contributed by atoms with van der Waals surface area (Å²) in [4.78, 5) is 36.1. The van der Waals surface area contributed by atoms with Crippen LogP contribution in [0, 0.1) is 5.92 Å². The first kappa shape index (κ1) is 24.7. The molecule has 0 heterocycles. The third kappa shape index (κ3) is 7.61. The Morgan fingerprint density at radius 2 is 1.56 bits per heavy atom. The van der Waals surface area contributed by atoms with Gasteiger partial charge >= 0.3 is 11.9 Å². The first-order valence-electron chi connectivity index (χ1n) is 10.4. The Kier molecular flexibility index (Phi) is 9.53. The number of rotatable bonds is 11. The zero-order chi connectivity index (χ0) is 23.5. The third-order valence-corrected chi connectivity index (χ3v) is 4.37. The van der Waals surface area contributed by atoms with Crippen molar-refractivity contribution in [1.29, 1.82) is 0 Å². The van der Waals surface area contributed by atoms with E-state index in [1.165, 1.54) is 25.3 Å². The fourth-order valence-corrected chi connectivity index (χ4v) is 2.63. The Morgan fingerprint density at radius 1 is 0.906 bits per heavy atom. The molecule has 2 rings (SSSR count). The number of esters is 2. The number of ether oxygens (including phenoxy) is 4. The van der Waals surface area contributed by atoms with Crippen molar-refractivity contribution in [3.8, 4) is 11.5 Å². The molecule has 172 valence electrons. The second kappa shape index (κ2) is 12.3. The highest BCUT2D eigenvalue weighted by molar-refractivity contribution is 5.96. The Morgan fingerprint density at radius 3 is 2.19 bits per heavy atom. The molecule has 32 heavy (non-hydrogen) atoms. The second-order valence-corrected chi connectivity index (χ2v) is 7.32. The zero-order valence-corrected chi connectivity index (χ0v) is 18.8. The van der Waals surface area contributed by atoms with Gasteiger partial charge in [0.05, 0.1) is 31.5 Å². The van der Waals surface area contributed by atoms with Crippen LogP contribution < -0.4 is 14.8 Å². The summed E-state index contributed by atoms with van der Waals surface area (Å²) in [5, 5.41) is 2.60. The van der Waals surface area contributed by atoms with Crippen LogP contribution in [0.5, 0.6) is 11.5 Å². The van der Waals surface area contributed by atoms with E-state index in [2.05, 4.69) is 19.2 Å². The topological polar surface area (TPSA) is 100 Å². The van der Waals surface area contributed by atoms with Crippen molar-refractivity contribution in [2.45, 2.75) is 27.2 Å². The summed E-state index contributed by atoms with van der Waals surface area (Å²) in [7, 11) is 1.49. The summed E-state index contributed by atoms with van der Waals surface area (Å²) in [5.74, 6) is -0.154. The Labute approximate surface area is 187 Å². The van der Waals surface area contributed by atoms with Crippen molar-refractivity contribution in [3.05, 3.63) is 53.6 Å². The van der Waals surface area contributed by atoms with E-state index in [0.29, 0.717) is 35.3 Å². The number of hydrogen-bond donors (Lipinski definition) is 1. The third-order valence-electron chi connectivity index (χ3n) is 4.37. The fraction of sp³-hybridized carbons (Fsp3) is 0.375.